The van der Waals surface area contributed by atoms with Crippen molar-refractivity contribution in [3.05, 3.63) is 95.6 Å². The molecule has 1 N–H and O–H groups in total. The van der Waals surface area contributed by atoms with Gasteiger partial charge in [-0.15, -0.1) is 0 Å². The maximum absolute atomic E-state index is 12.2. The lowest BCUT2D eigenvalue weighted by Gasteiger charge is -2.06. The fraction of sp³-hybridized carbons (Fsp3) is 0.143. The monoisotopic (exact) mass is 344 g/mol. The highest BCUT2D eigenvalue weighted by Gasteiger charge is 2.10. The maximum atomic E-state index is 12.2. The number of carbonyl (C=O) groups excluding carboxylic acids is 1. The first-order valence-corrected chi connectivity index (χ1v) is 8.47. The zero-order valence-electron chi connectivity index (χ0n) is 14.6. The van der Waals surface area contributed by atoms with E-state index in [1.807, 2.05) is 67.6 Å². The van der Waals surface area contributed by atoms with Crippen LogP contribution in [0.25, 0.3) is 0 Å². The van der Waals surface area contributed by atoms with Crippen molar-refractivity contribution >= 4 is 11.6 Å². The molecule has 5 nitrogen and oxygen atoms in total. The molecule has 3 rings (SSSR count). The van der Waals surface area contributed by atoms with Crippen molar-refractivity contribution in [3.63, 3.8) is 0 Å². The van der Waals surface area contributed by atoms with Crippen molar-refractivity contribution in [3.8, 4) is 0 Å². The summed E-state index contributed by atoms with van der Waals surface area (Å²) in [4.78, 5) is 20.8. The molecular weight excluding hydrogens is 324 g/mol. The zero-order chi connectivity index (χ0) is 18.2. The van der Waals surface area contributed by atoms with Gasteiger partial charge in [-0.2, -0.15) is 5.10 Å². The smallest absolute Gasteiger partial charge is 0.240 e. The van der Waals surface area contributed by atoms with Crippen molar-refractivity contribution in [2.45, 2.75) is 19.8 Å². The largest absolute Gasteiger partial charge is 0.273 e. The van der Waals surface area contributed by atoms with Crippen LogP contribution in [-0.4, -0.2) is 21.6 Å². The molecule has 0 aliphatic heterocycles. The van der Waals surface area contributed by atoms with E-state index in [-0.39, 0.29) is 5.91 Å². The van der Waals surface area contributed by atoms with Gasteiger partial charge in [0.15, 0.2) is 0 Å². The van der Waals surface area contributed by atoms with Crippen LogP contribution in [0.2, 0.25) is 0 Å². The van der Waals surface area contributed by atoms with Gasteiger partial charge < -0.3 is 0 Å². The van der Waals surface area contributed by atoms with Gasteiger partial charge in [0, 0.05) is 18.8 Å². The summed E-state index contributed by atoms with van der Waals surface area (Å²) in [7, 11) is 0. The molecule has 0 saturated carbocycles. The third kappa shape index (κ3) is 4.83. The molecule has 1 amide bonds. The van der Waals surface area contributed by atoms with Gasteiger partial charge in [0.2, 0.25) is 5.91 Å². The summed E-state index contributed by atoms with van der Waals surface area (Å²) < 4.78 is 0. The van der Waals surface area contributed by atoms with Gasteiger partial charge in [0.05, 0.1) is 11.4 Å². The fourth-order valence-electron chi connectivity index (χ4n) is 2.44. The Morgan fingerprint density at radius 2 is 1.54 bits per heavy atom. The zero-order valence-corrected chi connectivity index (χ0v) is 14.6. The molecule has 0 aliphatic carbocycles. The van der Waals surface area contributed by atoms with Crippen LogP contribution in [0.4, 0.5) is 0 Å². The first kappa shape index (κ1) is 17.5. The van der Waals surface area contributed by atoms with Gasteiger partial charge in [-0.3, -0.25) is 14.8 Å². The minimum Gasteiger partial charge on any atom is -0.273 e. The fourth-order valence-corrected chi connectivity index (χ4v) is 2.44. The normalized spacial score (nSPS) is 10.2. The summed E-state index contributed by atoms with van der Waals surface area (Å²) in [6, 6.07) is 19.3. The Kier molecular flexibility index (Phi) is 5.83. The minimum atomic E-state index is -0.144. The highest BCUT2D eigenvalue weighted by Crippen LogP contribution is 2.07. The Labute approximate surface area is 152 Å². The Morgan fingerprint density at radius 3 is 2.08 bits per heavy atom. The first-order chi connectivity index (χ1) is 12.7. The van der Waals surface area contributed by atoms with Crippen LogP contribution in [0.15, 0.2) is 78.2 Å². The third-order valence-electron chi connectivity index (χ3n) is 3.87. The highest BCUT2D eigenvalue weighted by atomic mass is 16.2. The van der Waals surface area contributed by atoms with Crippen molar-refractivity contribution in [1.29, 1.82) is 0 Å². The van der Waals surface area contributed by atoms with Gasteiger partial charge in [-0.1, -0.05) is 42.0 Å². The molecule has 5 heteroatoms. The van der Waals surface area contributed by atoms with Crippen LogP contribution in [0.3, 0.4) is 0 Å². The maximum Gasteiger partial charge on any atom is 0.240 e. The van der Waals surface area contributed by atoms with Gasteiger partial charge in [0.25, 0.3) is 0 Å². The molecule has 0 fully saturated rings. The van der Waals surface area contributed by atoms with Crippen molar-refractivity contribution in [1.82, 2.24) is 15.4 Å². The van der Waals surface area contributed by atoms with Crippen LogP contribution in [-0.2, 0) is 11.2 Å². The molecule has 130 valence electrons. The van der Waals surface area contributed by atoms with E-state index in [0.717, 1.165) is 5.56 Å². The molecular formula is C21H20N4O. The first-order valence-electron chi connectivity index (χ1n) is 8.47. The van der Waals surface area contributed by atoms with E-state index in [1.165, 1.54) is 5.56 Å². The second kappa shape index (κ2) is 8.67. The summed E-state index contributed by atoms with van der Waals surface area (Å²) >= 11 is 0. The molecule has 26 heavy (non-hydrogen) atoms. The average molecular weight is 344 g/mol. The number of pyridine rings is 2. The van der Waals surface area contributed by atoms with Crippen LogP contribution in [0.1, 0.15) is 28.9 Å². The van der Waals surface area contributed by atoms with Gasteiger partial charge in [-0.05, 0) is 43.2 Å². The number of rotatable bonds is 6. The van der Waals surface area contributed by atoms with E-state index in [9.17, 15) is 4.79 Å². The molecule has 1 aromatic carbocycles. The molecule has 0 atom stereocenters. The highest BCUT2D eigenvalue weighted by molar-refractivity contribution is 6.10. The van der Waals surface area contributed by atoms with E-state index in [2.05, 4.69) is 20.5 Å². The summed E-state index contributed by atoms with van der Waals surface area (Å²) in [5.74, 6) is -0.144. The molecule has 3 aromatic rings. The molecule has 2 heterocycles. The number of nitrogens with one attached hydrogen (secondary N) is 1. The predicted octanol–water partition coefficient (Wildman–Crippen LogP) is 3.29. The minimum absolute atomic E-state index is 0.144. The second-order valence-corrected chi connectivity index (χ2v) is 5.91. The number of benzene rings is 1. The summed E-state index contributed by atoms with van der Waals surface area (Å²) in [5.41, 5.74) is 6.82. The molecule has 0 unspecified atom stereocenters. The number of carbonyl (C=O) groups is 1. The van der Waals surface area contributed by atoms with Crippen LogP contribution in [0, 0.1) is 6.92 Å². The molecule has 2 aromatic heterocycles. The van der Waals surface area contributed by atoms with Gasteiger partial charge >= 0.3 is 0 Å². The Morgan fingerprint density at radius 1 is 0.923 bits per heavy atom. The summed E-state index contributed by atoms with van der Waals surface area (Å²) in [6.45, 7) is 2.04. The van der Waals surface area contributed by atoms with Crippen LogP contribution in [0.5, 0.6) is 0 Å². The van der Waals surface area contributed by atoms with Crippen LogP contribution >= 0.6 is 0 Å². The molecule has 0 bridgehead atoms. The number of amides is 1. The second-order valence-electron chi connectivity index (χ2n) is 5.91. The van der Waals surface area contributed by atoms with Crippen molar-refractivity contribution in [2.75, 3.05) is 0 Å². The SMILES string of the molecule is Cc1ccc(CCC(=O)NN=C(c2ccccn2)c2ccccn2)cc1. The third-order valence-corrected chi connectivity index (χ3v) is 3.87. The van der Waals surface area contributed by atoms with Crippen LogP contribution < -0.4 is 5.43 Å². The standard InChI is InChI=1S/C21H20N4O/c1-16-8-10-17(11-9-16)12-13-20(26)24-25-21(18-6-2-4-14-22-18)19-7-3-5-15-23-19/h2-11,14-15H,12-13H2,1H3,(H,24,26). The number of hydrogen-bond donors (Lipinski definition) is 1. The lowest BCUT2D eigenvalue weighted by atomic mass is 10.1. The van der Waals surface area contributed by atoms with E-state index < -0.39 is 0 Å². The lowest BCUT2D eigenvalue weighted by molar-refractivity contribution is -0.121. The van der Waals surface area contributed by atoms with Crippen molar-refractivity contribution < 1.29 is 4.79 Å². The number of hydrazone groups is 1. The van der Waals surface area contributed by atoms with Gasteiger partial charge in [-0.25, -0.2) is 5.43 Å². The summed E-state index contributed by atoms with van der Waals surface area (Å²) in [5, 5.41) is 4.28. The Balaban J connectivity index is 1.70. The number of aromatic nitrogens is 2. The Hall–Kier alpha value is -3.34. The van der Waals surface area contributed by atoms with Crippen molar-refractivity contribution in [2.24, 2.45) is 5.10 Å². The van der Waals surface area contributed by atoms with Gasteiger partial charge in [0.1, 0.15) is 5.71 Å². The molecule has 0 spiro atoms. The lowest BCUT2D eigenvalue weighted by Crippen LogP contribution is -2.21. The summed E-state index contributed by atoms with van der Waals surface area (Å²) in [6.07, 6.45) is 4.41. The van der Waals surface area contributed by atoms with E-state index >= 15 is 0 Å². The molecule has 0 saturated heterocycles. The Bertz CT molecular complexity index is 833. The number of nitrogens with zero attached hydrogens (tertiary/aromatic N) is 3. The number of aryl methyl sites for hydroxylation is 2. The quantitative estimate of drug-likeness (QED) is 0.551. The van der Waals surface area contributed by atoms with E-state index in [4.69, 9.17) is 0 Å². The molecule has 0 aliphatic rings. The topological polar surface area (TPSA) is 67.2 Å². The number of hydrogen-bond acceptors (Lipinski definition) is 4. The predicted molar refractivity (Wildman–Crippen MR) is 102 cm³/mol. The van der Waals surface area contributed by atoms with E-state index in [0.29, 0.717) is 29.9 Å². The van der Waals surface area contributed by atoms with E-state index in [1.54, 1.807) is 12.4 Å². The molecule has 0 radical (unpaired) electrons. The average Bonchev–Trinajstić information content (AvgIpc) is 2.69.